The average Bonchev–Trinajstić information content (AvgIpc) is 3.14. The molecule has 1 heterocycles. The Morgan fingerprint density at radius 3 is 2.44 bits per heavy atom. The summed E-state index contributed by atoms with van der Waals surface area (Å²) >= 11 is 0. The van der Waals surface area contributed by atoms with Crippen molar-refractivity contribution >= 4 is 18.1 Å². The first-order valence-electron chi connectivity index (χ1n) is 7.33. The van der Waals surface area contributed by atoms with E-state index in [9.17, 15) is 18.7 Å². The van der Waals surface area contributed by atoms with E-state index >= 15 is 0 Å². The van der Waals surface area contributed by atoms with Crippen molar-refractivity contribution < 1.29 is 18.7 Å². The number of rotatable bonds is 5. The number of halogens is 2. The van der Waals surface area contributed by atoms with Gasteiger partial charge < -0.3 is 5.11 Å². The maximum absolute atomic E-state index is 14.0. The molecule has 0 fully saturated rings. The zero-order chi connectivity index (χ0) is 17.8. The van der Waals surface area contributed by atoms with Crippen LogP contribution in [0.5, 0.6) is 0 Å². The van der Waals surface area contributed by atoms with E-state index in [2.05, 4.69) is 10.1 Å². The van der Waals surface area contributed by atoms with E-state index in [0.29, 0.717) is 23.5 Å². The van der Waals surface area contributed by atoms with Gasteiger partial charge in [0.15, 0.2) is 0 Å². The zero-order valence-electron chi connectivity index (χ0n) is 12.9. The molecule has 1 aromatic heterocycles. The molecule has 0 bridgehead atoms. The number of nitrogens with zero attached hydrogens (tertiary/aromatic N) is 3. The lowest BCUT2D eigenvalue weighted by molar-refractivity contribution is 0.112. The Kier molecular flexibility index (Phi) is 4.76. The minimum absolute atomic E-state index is 0.0901. The van der Waals surface area contributed by atoms with E-state index in [1.54, 1.807) is 30.3 Å². The van der Waals surface area contributed by atoms with Gasteiger partial charge in [-0.1, -0.05) is 30.3 Å². The Labute approximate surface area is 141 Å². The fourth-order valence-corrected chi connectivity index (χ4v) is 2.34. The molecule has 0 saturated heterocycles. The van der Waals surface area contributed by atoms with E-state index in [1.165, 1.54) is 23.4 Å². The van der Waals surface area contributed by atoms with Crippen LogP contribution in [0.2, 0.25) is 0 Å². The first-order valence-corrected chi connectivity index (χ1v) is 7.33. The van der Waals surface area contributed by atoms with Crippen LogP contribution in [0.3, 0.4) is 0 Å². The van der Waals surface area contributed by atoms with Crippen molar-refractivity contribution in [1.29, 1.82) is 0 Å². The van der Waals surface area contributed by atoms with Gasteiger partial charge in [-0.15, -0.1) is 0 Å². The number of aldehydes is 1. The summed E-state index contributed by atoms with van der Waals surface area (Å²) in [5.74, 6) is -1.60. The molecule has 7 heteroatoms. The van der Waals surface area contributed by atoms with Gasteiger partial charge in [0.1, 0.15) is 36.7 Å². The molecule has 0 saturated carbocycles. The second-order valence-corrected chi connectivity index (χ2v) is 5.26. The summed E-state index contributed by atoms with van der Waals surface area (Å²) in [6, 6.07) is 9.53. The van der Waals surface area contributed by atoms with Crippen LogP contribution in [-0.2, 0) is 0 Å². The minimum atomic E-state index is -1.40. The third-order valence-corrected chi connectivity index (χ3v) is 3.61. The van der Waals surface area contributed by atoms with Crippen LogP contribution >= 0.6 is 0 Å². The van der Waals surface area contributed by atoms with Crippen molar-refractivity contribution in [2.75, 3.05) is 0 Å². The van der Waals surface area contributed by atoms with Crippen LogP contribution in [0.4, 0.5) is 8.78 Å². The van der Waals surface area contributed by atoms with Crippen LogP contribution in [0.15, 0.2) is 55.1 Å². The first-order chi connectivity index (χ1) is 12.1. The van der Waals surface area contributed by atoms with E-state index in [-0.39, 0.29) is 11.3 Å². The Bertz CT molecular complexity index is 907. The summed E-state index contributed by atoms with van der Waals surface area (Å²) in [6.07, 6.45) is 3.53. The van der Waals surface area contributed by atoms with Crippen LogP contribution in [0, 0.1) is 11.6 Å². The van der Waals surface area contributed by atoms with Gasteiger partial charge in [-0.05, 0) is 17.7 Å². The topological polar surface area (TPSA) is 68.0 Å². The number of aromatic nitrogens is 3. The molecule has 0 aliphatic carbocycles. The summed E-state index contributed by atoms with van der Waals surface area (Å²) in [7, 11) is 0. The molecule has 0 radical (unpaired) electrons. The second-order valence-electron chi connectivity index (χ2n) is 5.26. The lowest BCUT2D eigenvalue weighted by atomic mass is 10.0. The van der Waals surface area contributed by atoms with Gasteiger partial charge >= 0.3 is 0 Å². The van der Waals surface area contributed by atoms with E-state index < -0.39 is 17.7 Å². The molecular weight excluding hydrogens is 328 g/mol. The zero-order valence-corrected chi connectivity index (χ0v) is 12.9. The van der Waals surface area contributed by atoms with Gasteiger partial charge in [0, 0.05) is 17.2 Å². The van der Waals surface area contributed by atoms with Crippen LogP contribution in [-0.4, -0.2) is 26.2 Å². The van der Waals surface area contributed by atoms with Gasteiger partial charge in [-0.2, -0.15) is 5.10 Å². The highest BCUT2D eigenvalue weighted by molar-refractivity contribution is 5.78. The summed E-state index contributed by atoms with van der Waals surface area (Å²) < 4.78 is 28.4. The molecule has 0 amide bonds. The molecule has 1 unspecified atom stereocenters. The van der Waals surface area contributed by atoms with Crippen LogP contribution in [0.1, 0.15) is 27.6 Å². The molecule has 0 aliphatic heterocycles. The van der Waals surface area contributed by atoms with Crippen molar-refractivity contribution in [1.82, 2.24) is 14.8 Å². The average molecular weight is 341 g/mol. The molecule has 0 aliphatic rings. The van der Waals surface area contributed by atoms with Crippen molar-refractivity contribution in [3.63, 3.8) is 0 Å². The van der Waals surface area contributed by atoms with Crippen molar-refractivity contribution in [3.05, 3.63) is 83.4 Å². The van der Waals surface area contributed by atoms with Gasteiger partial charge in [0.25, 0.3) is 0 Å². The highest BCUT2D eigenvalue weighted by Gasteiger charge is 2.20. The van der Waals surface area contributed by atoms with E-state index in [0.717, 1.165) is 6.07 Å². The molecule has 25 heavy (non-hydrogen) atoms. The van der Waals surface area contributed by atoms with E-state index in [1.807, 2.05) is 0 Å². The monoisotopic (exact) mass is 341 g/mol. The fourth-order valence-electron chi connectivity index (χ4n) is 2.34. The number of hydrogen-bond donors (Lipinski definition) is 1. The molecule has 3 rings (SSSR count). The van der Waals surface area contributed by atoms with Crippen molar-refractivity contribution in [2.24, 2.45) is 0 Å². The predicted octanol–water partition coefficient (Wildman–Crippen LogP) is 3.10. The molecule has 5 nitrogen and oxygen atoms in total. The first kappa shape index (κ1) is 16.7. The molecule has 2 aromatic carbocycles. The third-order valence-electron chi connectivity index (χ3n) is 3.61. The van der Waals surface area contributed by atoms with Crippen LogP contribution < -0.4 is 0 Å². The molecule has 1 N–H and O–H groups in total. The number of aliphatic hydroxyl groups is 1. The van der Waals surface area contributed by atoms with Crippen molar-refractivity contribution in [3.8, 4) is 0 Å². The molecule has 3 aromatic rings. The van der Waals surface area contributed by atoms with Gasteiger partial charge in [0.05, 0.1) is 5.70 Å². The molecular formula is C18H13F2N3O2. The van der Waals surface area contributed by atoms with Crippen LogP contribution in [0.25, 0.3) is 11.8 Å². The Hall–Kier alpha value is -3.19. The summed E-state index contributed by atoms with van der Waals surface area (Å²) in [6.45, 7) is 0. The predicted molar refractivity (Wildman–Crippen MR) is 87.3 cm³/mol. The van der Waals surface area contributed by atoms with Gasteiger partial charge in [0.2, 0.25) is 0 Å². The molecule has 1 atom stereocenters. The molecule has 0 spiro atoms. The molecule has 126 valence electrons. The normalized spacial score (nSPS) is 12.8. The maximum atomic E-state index is 14.0. The lowest BCUT2D eigenvalue weighted by Crippen LogP contribution is -2.10. The second kappa shape index (κ2) is 7.14. The highest BCUT2D eigenvalue weighted by Crippen LogP contribution is 2.29. The Balaban J connectivity index is 2.05. The number of hydrogen-bond acceptors (Lipinski definition) is 4. The highest BCUT2D eigenvalue weighted by atomic mass is 19.1. The van der Waals surface area contributed by atoms with Gasteiger partial charge in [-0.3, -0.25) is 4.79 Å². The number of carbonyl (C=O) groups excluding carboxylic acids is 1. The van der Waals surface area contributed by atoms with Crippen molar-refractivity contribution in [2.45, 2.75) is 6.10 Å². The third kappa shape index (κ3) is 3.67. The summed E-state index contributed by atoms with van der Waals surface area (Å²) in [5.41, 5.74) is 1.30. The minimum Gasteiger partial charge on any atom is -0.382 e. The van der Waals surface area contributed by atoms with Gasteiger partial charge in [-0.25, -0.2) is 18.4 Å². The Morgan fingerprint density at radius 1 is 1.12 bits per heavy atom. The standard InChI is InChI=1S/C18H13F2N3O2/c19-14-5-6-15(16(20)8-14)18(25)17(23-11-21-10-22-23)7-12-1-3-13(9-24)4-2-12/h1-11,18,25H/b17-7+. The maximum Gasteiger partial charge on any atom is 0.150 e. The Morgan fingerprint density at radius 2 is 1.84 bits per heavy atom. The number of benzene rings is 2. The fraction of sp³-hybridized carbons (Fsp3) is 0.0556. The lowest BCUT2D eigenvalue weighted by Gasteiger charge is -2.16. The quantitative estimate of drug-likeness (QED) is 0.724. The smallest absolute Gasteiger partial charge is 0.150 e. The van der Waals surface area contributed by atoms with E-state index in [4.69, 9.17) is 0 Å². The SMILES string of the molecule is O=Cc1ccc(/C=C(\C(O)c2ccc(F)cc2F)n2cncn2)cc1. The number of aliphatic hydroxyl groups excluding tert-OH is 1. The summed E-state index contributed by atoms with van der Waals surface area (Å²) in [4.78, 5) is 14.6. The largest absolute Gasteiger partial charge is 0.382 e. The number of carbonyl (C=O) groups is 1. The summed E-state index contributed by atoms with van der Waals surface area (Å²) in [5, 5.41) is 14.6.